The lowest BCUT2D eigenvalue weighted by Crippen LogP contribution is -2.26. The maximum absolute atomic E-state index is 12.5. The van der Waals surface area contributed by atoms with Gasteiger partial charge in [-0.3, -0.25) is 19.3 Å². The molecule has 7 heteroatoms. The number of carbonyl (C=O) groups excluding carboxylic acids is 1. The van der Waals surface area contributed by atoms with Crippen LogP contribution in [0, 0.1) is 6.92 Å². The lowest BCUT2D eigenvalue weighted by molar-refractivity contribution is 0.102. The number of aryl methyl sites for hydroxylation is 1. The van der Waals surface area contributed by atoms with Gasteiger partial charge in [-0.2, -0.15) is 0 Å². The summed E-state index contributed by atoms with van der Waals surface area (Å²) in [6, 6.07) is 13.2. The number of aromatic nitrogens is 3. The zero-order chi connectivity index (χ0) is 18.1. The molecule has 1 amide bonds. The Balaban J connectivity index is 1.60. The topological polar surface area (TPSA) is 76.4 Å². The van der Waals surface area contributed by atoms with E-state index >= 15 is 0 Å². The average molecular weight is 362 g/mol. The molecule has 3 aromatic heterocycles. The molecular formula is C19H14N4O2S. The molecule has 0 spiro atoms. The lowest BCUT2D eigenvalue weighted by atomic mass is 10.1. The van der Waals surface area contributed by atoms with Crippen molar-refractivity contribution < 1.29 is 4.79 Å². The van der Waals surface area contributed by atoms with Crippen molar-refractivity contribution in [2.24, 2.45) is 0 Å². The minimum atomic E-state index is -0.523. The second-order valence-corrected chi connectivity index (χ2v) is 6.62. The third-order valence-electron chi connectivity index (χ3n) is 3.93. The molecule has 0 saturated heterocycles. The monoisotopic (exact) mass is 362 g/mol. The number of fused-ring (bicyclic) bond motifs is 1. The van der Waals surface area contributed by atoms with E-state index in [1.54, 1.807) is 24.4 Å². The summed E-state index contributed by atoms with van der Waals surface area (Å²) in [5.41, 5.74) is 2.97. The summed E-state index contributed by atoms with van der Waals surface area (Å²) in [5.74, 6) is -0.523. The van der Waals surface area contributed by atoms with E-state index in [0.29, 0.717) is 10.8 Å². The maximum atomic E-state index is 12.5. The van der Waals surface area contributed by atoms with Gasteiger partial charge in [0.1, 0.15) is 11.2 Å². The van der Waals surface area contributed by atoms with Crippen molar-refractivity contribution in [2.45, 2.75) is 6.92 Å². The summed E-state index contributed by atoms with van der Waals surface area (Å²) >= 11 is 1.31. The highest BCUT2D eigenvalue weighted by Crippen LogP contribution is 2.25. The van der Waals surface area contributed by atoms with E-state index in [4.69, 9.17) is 0 Å². The van der Waals surface area contributed by atoms with Gasteiger partial charge < -0.3 is 0 Å². The van der Waals surface area contributed by atoms with E-state index in [2.05, 4.69) is 15.3 Å². The zero-order valence-corrected chi connectivity index (χ0v) is 14.7. The van der Waals surface area contributed by atoms with Crippen LogP contribution in [0.5, 0.6) is 0 Å². The summed E-state index contributed by atoms with van der Waals surface area (Å²) in [6.07, 6.45) is 2.88. The van der Waals surface area contributed by atoms with Crippen LogP contribution in [-0.4, -0.2) is 20.3 Å². The molecular weight excluding hydrogens is 348 g/mol. The van der Waals surface area contributed by atoms with Gasteiger partial charge >= 0.3 is 0 Å². The van der Waals surface area contributed by atoms with E-state index in [0.717, 1.165) is 11.3 Å². The van der Waals surface area contributed by atoms with Crippen molar-refractivity contribution >= 4 is 28.0 Å². The fourth-order valence-corrected chi connectivity index (χ4v) is 3.25. The van der Waals surface area contributed by atoms with Crippen molar-refractivity contribution in [3.8, 4) is 11.3 Å². The first-order chi connectivity index (χ1) is 12.6. The molecule has 3 heterocycles. The van der Waals surface area contributed by atoms with Crippen LogP contribution in [0.25, 0.3) is 16.9 Å². The first kappa shape index (κ1) is 16.2. The van der Waals surface area contributed by atoms with Crippen molar-refractivity contribution in [3.05, 3.63) is 81.7 Å². The Labute approximate surface area is 152 Å². The molecule has 1 aromatic carbocycles. The van der Waals surface area contributed by atoms with E-state index in [1.165, 1.54) is 27.5 Å². The van der Waals surface area contributed by atoms with Gasteiger partial charge in [-0.25, -0.2) is 9.97 Å². The predicted octanol–water partition coefficient (Wildman–Crippen LogP) is 3.38. The fraction of sp³-hybridized carbons (Fsp3) is 0.0526. The van der Waals surface area contributed by atoms with Crippen molar-refractivity contribution in [1.82, 2.24) is 14.4 Å². The summed E-state index contributed by atoms with van der Waals surface area (Å²) < 4.78 is 1.34. The molecule has 6 nitrogen and oxygen atoms in total. The minimum Gasteiger partial charge on any atom is -0.298 e. The lowest BCUT2D eigenvalue weighted by Gasteiger charge is -2.03. The predicted molar refractivity (Wildman–Crippen MR) is 102 cm³/mol. The Morgan fingerprint density at radius 3 is 2.77 bits per heavy atom. The van der Waals surface area contributed by atoms with Gasteiger partial charge in [0.2, 0.25) is 0 Å². The Kier molecular flexibility index (Phi) is 4.06. The van der Waals surface area contributed by atoms with E-state index < -0.39 is 11.5 Å². The van der Waals surface area contributed by atoms with Crippen LogP contribution in [-0.2, 0) is 0 Å². The van der Waals surface area contributed by atoms with Crippen molar-refractivity contribution in [1.29, 1.82) is 0 Å². The highest BCUT2D eigenvalue weighted by atomic mass is 32.1. The van der Waals surface area contributed by atoms with Crippen LogP contribution in [0.3, 0.4) is 0 Å². The summed E-state index contributed by atoms with van der Waals surface area (Å²) in [4.78, 5) is 33.5. The molecule has 4 rings (SSSR count). The zero-order valence-electron chi connectivity index (χ0n) is 13.8. The standard InChI is InChI=1S/C19H14N4O2S/c1-12-5-7-13(8-6-12)15-11-26-19(21-15)22-17(24)14-10-20-16-4-2-3-9-23(16)18(14)25/h2-11H,1H3,(H,21,22,24). The molecule has 1 N–H and O–H groups in total. The number of nitrogens with zero attached hydrogens (tertiary/aromatic N) is 3. The number of anilines is 1. The molecule has 0 saturated carbocycles. The molecule has 26 heavy (non-hydrogen) atoms. The number of thiazole rings is 1. The van der Waals surface area contributed by atoms with Gasteiger partial charge in [-0.05, 0) is 19.1 Å². The quantitative estimate of drug-likeness (QED) is 0.606. The Morgan fingerprint density at radius 2 is 1.96 bits per heavy atom. The van der Waals surface area contributed by atoms with Crippen molar-refractivity contribution in [2.75, 3.05) is 5.32 Å². The second kappa shape index (κ2) is 6.53. The number of rotatable bonds is 3. The van der Waals surface area contributed by atoms with Crippen LogP contribution in [0.15, 0.2) is 65.0 Å². The molecule has 0 bridgehead atoms. The first-order valence-corrected chi connectivity index (χ1v) is 8.80. The fourth-order valence-electron chi connectivity index (χ4n) is 2.53. The number of amides is 1. The van der Waals surface area contributed by atoms with Gasteiger partial charge in [0.25, 0.3) is 11.5 Å². The molecule has 4 aromatic rings. The van der Waals surface area contributed by atoms with Gasteiger partial charge in [-0.1, -0.05) is 35.9 Å². The van der Waals surface area contributed by atoms with Crippen LogP contribution < -0.4 is 10.9 Å². The number of carbonyl (C=O) groups is 1. The first-order valence-electron chi connectivity index (χ1n) is 7.92. The Hall–Kier alpha value is -3.32. The number of hydrogen-bond acceptors (Lipinski definition) is 5. The largest absolute Gasteiger partial charge is 0.298 e. The number of nitrogens with one attached hydrogen (secondary N) is 1. The second-order valence-electron chi connectivity index (χ2n) is 5.76. The molecule has 0 radical (unpaired) electrons. The van der Waals surface area contributed by atoms with Gasteiger partial charge in [0, 0.05) is 23.3 Å². The summed E-state index contributed by atoms with van der Waals surface area (Å²) in [5, 5.41) is 4.98. The minimum absolute atomic E-state index is 0.0271. The summed E-state index contributed by atoms with van der Waals surface area (Å²) in [7, 11) is 0. The van der Waals surface area contributed by atoms with Gasteiger partial charge in [0.05, 0.1) is 5.69 Å². The molecule has 0 unspecified atom stereocenters. The maximum Gasteiger partial charge on any atom is 0.270 e. The van der Waals surface area contributed by atoms with Crippen LogP contribution in [0.1, 0.15) is 15.9 Å². The Morgan fingerprint density at radius 1 is 1.15 bits per heavy atom. The molecule has 0 atom stereocenters. The molecule has 0 aliphatic rings. The number of hydrogen-bond donors (Lipinski definition) is 1. The highest BCUT2D eigenvalue weighted by molar-refractivity contribution is 7.14. The number of pyridine rings is 1. The molecule has 128 valence electrons. The summed E-state index contributed by atoms with van der Waals surface area (Å²) in [6.45, 7) is 2.02. The normalized spacial score (nSPS) is 10.8. The van der Waals surface area contributed by atoms with Gasteiger partial charge in [-0.15, -0.1) is 11.3 Å². The smallest absolute Gasteiger partial charge is 0.270 e. The molecule has 0 aliphatic heterocycles. The van der Waals surface area contributed by atoms with Crippen molar-refractivity contribution in [3.63, 3.8) is 0 Å². The number of benzene rings is 1. The molecule has 0 fully saturated rings. The van der Waals surface area contributed by atoms with E-state index in [1.807, 2.05) is 36.6 Å². The van der Waals surface area contributed by atoms with E-state index in [9.17, 15) is 9.59 Å². The Bertz CT molecular complexity index is 1160. The van der Waals surface area contributed by atoms with Crippen LogP contribution >= 0.6 is 11.3 Å². The third-order valence-corrected chi connectivity index (χ3v) is 4.69. The van der Waals surface area contributed by atoms with Gasteiger partial charge in [0.15, 0.2) is 5.13 Å². The van der Waals surface area contributed by atoms with E-state index in [-0.39, 0.29) is 5.56 Å². The SMILES string of the molecule is Cc1ccc(-c2csc(NC(=O)c3cnc4ccccn4c3=O)n2)cc1. The molecule has 0 aliphatic carbocycles. The highest BCUT2D eigenvalue weighted by Gasteiger charge is 2.15. The third kappa shape index (κ3) is 3.00. The average Bonchev–Trinajstić information content (AvgIpc) is 3.11. The van der Waals surface area contributed by atoms with Crippen LogP contribution in [0.4, 0.5) is 5.13 Å². The van der Waals surface area contributed by atoms with Crippen LogP contribution in [0.2, 0.25) is 0 Å².